The summed E-state index contributed by atoms with van der Waals surface area (Å²) in [5.41, 5.74) is -0.140. The van der Waals surface area contributed by atoms with Crippen LogP contribution in [0.15, 0.2) is 24.3 Å². The Morgan fingerprint density at radius 3 is 2.09 bits per heavy atom. The Bertz CT molecular complexity index is 558. The van der Waals surface area contributed by atoms with Gasteiger partial charge in [-0.25, -0.2) is 9.59 Å². The highest BCUT2D eigenvalue weighted by atomic mass is 16.6. The Hall–Kier alpha value is -2.57. The molecule has 1 aromatic carbocycles. The standard InChI is InChI=1S/C15H19NO6/c1-15(2,3)22-14(21)16-11(8-12(17)18)9-4-6-10(7-5-9)13(19)20/h4-7,11H,8H2,1-3H3,(H,16,21)(H,17,18)(H,19,20)/t11-/m0/s1. The first-order chi connectivity index (χ1) is 10.1. The highest BCUT2D eigenvalue weighted by Crippen LogP contribution is 2.19. The van der Waals surface area contributed by atoms with E-state index in [4.69, 9.17) is 14.9 Å². The topological polar surface area (TPSA) is 113 Å². The minimum atomic E-state index is -1.09. The number of hydrogen-bond donors (Lipinski definition) is 3. The van der Waals surface area contributed by atoms with Gasteiger partial charge >= 0.3 is 18.0 Å². The van der Waals surface area contributed by atoms with Crippen molar-refractivity contribution in [1.29, 1.82) is 0 Å². The van der Waals surface area contributed by atoms with Crippen LogP contribution in [0.5, 0.6) is 0 Å². The van der Waals surface area contributed by atoms with Crippen molar-refractivity contribution >= 4 is 18.0 Å². The van der Waals surface area contributed by atoms with Gasteiger partial charge < -0.3 is 20.3 Å². The van der Waals surface area contributed by atoms with E-state index in [0.29, 0.717) is 5.56 Å². The van der Waals surface area contributed by atoms with Gasteiger partial charge in [-0.3, -0.25) is 4.79 Å². The molecule has 7 nitrogen and oxygen atoms in total. The highest BCUT2D eigenvalue weighted by Gasteiger charge is 2.22. The van der Waals surface area contributed by atoms with Gasteiger partial charge in [-0.15, -0.1) is 0 Å². The zero-order valence-electron chi connectivity index (χ0n) is 12.6. The number of nitrogens with one attached hydrogen (secondary N) is 1. The fourth-order valence-corrected chi connectivity index (χ4v) is 1.73. The molecule has 0 saturated carbocycles. The van der Waals surface area contributed by atoms with E-state index in [-0.39, 0.29) is 12.0 Å². The summed E-state index contributed by atoms with van der Waals surface area (Å²) in [5, 5.41) is 20.3. The van der Waals surface area contributed by atoms with E-state index in [1.54, 1.807) is 20.8 Å². The summed E-state index contributed by atoms with van der Waals surface area (Å²) in [6.07, 6.45) is -1.08. The van der Waals surface area contributed by atoms with Gasteiger partial charge in [0.25, 0.3) is 0 Å². The lowest BCUT2D eigenvalue weighted by Gasteiger charge is -2.23. The second kappa shape index (κ2) is 6.93. The molecule has 0 fully saturated rings. The summed E-state index contributed by atoms with van der Waals surface area (Å²) in [6.45, 7) is 5.08. The Labute approximate surface area is 127 Å². The predicted octanol–water partition coefficient (Wildman–Crippen LogP) is 2.43. The Morgan fingerprint density at radius 1 is 1.14 bits per heavy atom. The number of alkyl carbamates (subject to hydrolysis) is 1. The molecule has 1 amide bonds. The highest BCUT2D eigenvalue weighted by molar-refractivity contribution is 5.87. The number of aromatic carboxylic acids is 1. The van der Waals surface area contributed by atoms with Crippen LogP contribution in [0.3, 0.4) is 0 Å². The lowest BCUT2D eigenvalue weighted by Crippen LogP contribution is -2.35. The van der Waals surface area contributed by atoms with E-state index >= 15 is 0 Å². The number of rotatable bonds is 5. The Morgan fingerprint density at radius 2 is 1.68 bits per heavy atom. The van der Waals surface area contributed by atoms with Gasteiger partial charge in [-0.05, 0) is 38.5 Å². The summed E-state index contributed by atoms with van der Waals surface area (Å²) in [6, 6.07) is 4.82. The molecule has 0 radical (unpaired) electrons. The maximum atomic E-state index is 11.8. The van der Waals surface area contributed by atoms with Gasteiger partial charge in [0.2, 0.25) is 0 Å². The molecule has 1 aromatic rings. The number of ether oxygens (including phenoxy) is 1. The molecule has 7 heteroatoms. The summed E-state index contributed by atoms with van der Waals surface area (Å²) in [4.78, 5) is 33.5. The van der Waals surface area contributed by atoms with Crippen LogP contribution in [0, 0.1) is 0 Å². The van der Waals surface area contributed by atoms with Crippen LogP contribution in [0.1, 0.15) is 49.2 Å². The summed E-state index contributed by atoms with van der Waals surface area (Å²) in [7, 11) is 0. The van der Waals surface area contributed by atoms with E-state index in [0.717, 1.165) is 0 Å². The molecule has 120 valence electrons. The molecule has 0 unspecified atom stereocenters. The van der Waals surface area contributed by atoms with Crippen molar-refractivity contribution in [3.8, 4) is 0 Å². The van der Waals surface area contributed by atoms with Crippen molar-refractivity contribution in [2.75, 3.05) is 0 Å². The van der Waals surface area contributed by atoms with E-state index < -0.39 is 29.7 Å². The van der Waals surface area contributed by atoms with Gasteiger partial charge in [-0.1, -0.05) is 12.1 Å². The molecular formula is C15H19NO6. The summed E-state index contributed by atoms with van der Waals surface area (Å²) < 4.78 is 5.10. The average Bonchev–Trinajstić information content (AvgIpc) is 2.35. The van der Waals surface area contributed by atoms with Crippen molar-refractivity contribution in [2.45, 2.75) is 38.8 Å². The first kappa shape index (κ1) is 17.5. The summed E-state index contributed by atoms with van der Waals surface area (Å²) in [5.74, 6) is -2.18. The quantitative estimate of drug-likeness (QED) is 0.770. The second-order valence-electron chi connectivity index (χ2n) is 5.72. The molecule has 22 heavy (non-hydrogen) atoms. The number of carboxylic acid groups (broad SMARTS) is 2. The number of amides is 1. The lowest BCUT2D eigenvalue weighted by molar-refractivity contribution is -0.137. The third-order valence-corrected chi connectivity index (χ3v) is 2.63. The van der Waals surface area contributed by atoms with E-state index in [9.17, 15) is 14.4 Å². The minimum absolute atomic E-state index is 0.0788. The number of carbonyl (C=O) groups is 3. The van der Waals surface area contributed by atoms with Crippen LogP contribution in [0.25, 0.3) is 0 Å². The van der Waals surface area contributed by atoms with Gasteiger partial charge in [0.1, 0.15) is 5.60 Å². The van der Waals surface area contributed by atoms with Crippen molar-refractivity contribution in [3.63, 3.8) is 0 Å². The lowest BCUT2D eigenvalue weighted by atomic mass is 10.0. The third-order valence-electron chi connectivity index (χ3n) is 2.63. The van der Waals surface area contributed by atoms with Crippen LogP contribution in [0.2, 0.25) is 0 Å². The zero-order valence-corrected chi connectivity index (χ0v) is 12.6. The maximum Gasteiger partial charge on any atom is 0.408 e. The smallest absolute Gasteiger partial charge is 0.408 e. The number of aliphatic carboxylic acids is 1. The van der Waals surface area contributed by atoms with Crippen LogP contribution in [-0.4, -0.2) is 33.8 Å². The average molecular weight is 309 g/mol. The third kappa shape index (κ3) is 5.82. The molecule has 0 bridgehead atoms. The van der Waals surface area contributed by atoms with E-state index in [1.165, 1.54) is 24.3 Å². The van der Waals surface area contributed by atoms with Crippen LogP contribution in [0.4, 0.5) is 4.79 Å². The van der Waals surface area contributed by atoms with Gasteiger partial charge in [0, 0.05) is 0 Å². The molecule has 0 aliphatic carbocycles. The Kier molecular flexibility index (Phi) is 5.50. The molecule has 0 aromatic heterocycles. The number of carboxylic acids is 2. The fraction of sp³-hybridized carbons (Fsp3) is 0.400. The zero-order chi connectivity index (χ0) is 16.9. The first-order valence-corrected chi connectivity index (χ1v) is 6.63. The Balaban J connectivity index is 2.90. The molecule has 1 atom stereocenters. The SMILES string of the molecule is CC(C)(C)OC(=O)N[C@@H](CC(=O)O)c1ccc(C(=O)O)cc1. The minimum Gasteiger partial charge on any atom is -0.481 e. The fourth-order valence-electron chi connectivity index (χ4n) is 1.73. The van der Waals surface area contributed by atoms with Crippen molar-refractivity contribution in [1.82, 2.24) is 5.32 Å². The van der Waals surface area contributed by atoms with Crippen LogP contribution >= 0.6 is 0 Å². The largest absolute Gasteiger partial charge is 0.481 e. The molecule has 0 aliphatic rings. The number of carbonyl (C=O) groups excluding carboxylic acids is 1. The van der Waals surface area contributed by atoms with Gasteiger partial charge in [0.05, 0.1) is 18.0 Å². The molecule has 0 aliphatic heterocycles. The van der Waals surface area contributed by atoms with Crippen molar-refractivity contribution in [2.24, 2.45) is 0 Å². The van der Waals surface area contributed by atoms with Gasteiger partial charge in [-0.2, -0.15) is 0 Å². The number of hydrogen-bond acceptors (Lipinski definition) is 4. The normalized spacial score (nSPS) is 12.3. The summed E-state index contributed by atoms with van der Waals surface area (Å²) >= 11 is 0. The van der Waals surface area contributed by atoms with Crippen molar-refractivity contribution in [3.05, 3.63) is 35.4 Å². The molecule has 0 saturated heterocycles. The number of benzene rings is 1. The van der Waals surface area contributed by atoms with Gasteiger partial charge in [0.15, 0.2) is 0 Å². The van der Waals surface area contributed by atoms with E-state index in [1.807, 2.05) is 0 Å². The molecule has 1 rings (SSSR count). The monoisotopic (exact) mass is 309 g/mol. The molecule has 0 spiro atoms. The maximum absolute atomic E-state index is 11.8. The first-order valence-electron chi connectivity index (χ1n) is 6.63. The predicted molar refractivity (Wildman–Crippen MR) is 77.8 cm³/mol. The van der Waals surface area contributed by atoms with Crippen molar-refractivity contribution < 1.29 is 29.3 Å². The molecular weight excluding hydrogens is 290 g/mol. The van der Waals surface area contributed by atoms with Crippen LogP contribution < -0.4 is 5.32 Å². The van der Waals surface area contributed by atoms with Crippen LogP contribution in [-0.2, 0) is 9.53 Å². The second-order valence-corrected chi connectivity index (χ2v) is 5.72. The van der Waals surface area contributed by atoms with E-state index in [2.05, 4.69) is 5.32 Å². The molecule has 0 heterocycles. The molecule has 3 N–H and O–H groups in total.